The van der Waals surface area contributed by atoms with E-state index in [1.165, 1.54) is 28.9 Å². The monoisotopic (exact) mass is 384 g/mol. The van der Waals surface area contributed by atoms with Crippen molar-refractivity contribution in [2.24, 2.45) is 13.0 Å². The molecule has 2 aliphatic rings. The molecule has 0 spiro atoms. The number of aromatic nitrogens is 2. The first-order valence-electron chi connectivity index (χ1n) is 8.76. The minimum absolute atomic E-state index is 0.0357. The van der Waals surface area contributed by atoms with Crippen LogP contribution in [0.15, 0.2) is 17.3 Å². The van der Waals surface area contributed by atoms with Gasteiger partial charge in [0.25, 0.3) is 0 Å². The zero-order valence-corrected chi connectivity index (χ0v) is 15.6. The van der Waals surface area contributed by atoms with E-state index in [9.17, 15) is 23.1 Å². The van der Waals surface area contributed by atoms with Crippen molar-refractivity contribution in [2.75, 3.05) is 0 Å². The van der Waals surface area contributed by atoms with E-state index in [0.29, 0.717) is 6.42 Å². The van der Waals surface area contributed by atoms with Gasteiger partial charge in [-0.1, -0.05) is 12.8 Å². The molecule has 26 heavy (non-hydrogen) atoms. The lowest BCUT2D eigenvalue weighted by Crippen LogP contribution is -2.53. The number of carbonyl (C=O) groups is 2. The van der Waals surface area contributed by atoms with Crippen LogP contribution in [-0.2, 0) is 26.7 Å². The van der Waals surface area contributed by atoms with E-state index in [0.717, 1.165) is 25.7 Å². The molecule has 144 valence electrons. The maximum absolute atomic E-state index is 12.9. The highest BCUT2D eigenvalue weighted by Crippen LogP contribution is 2.40. The van der Waals surface area contributed by atoms with Crippen molar-refractivity contribution in [1.29, 1.82) is 0 Å². The Kier molecular flexibility index (Phi) is 5.07. The zero-order valence-electron chi connectivity index (χ0n) is 14.8. The number of amides is 1. The predicted molar refractivity (Wildman–Crippen MR) is 91.6 cm³/mol. The number of sulfonamides is 1. The highest BCUT2D eigenvalue weighted by Gasteiger charge is 2.48. The summed E-state index contributed by atoms with van der Waals surface area (Å²) in [6.07, 6.45) is 6.65. The Balaban J connectivity index is 1.79. The molecule has 1 amide bonds. The fourth-order valence-electron chi connectivity index (χ4n) is 4.11. The number of nitrogens with zero attached hydrogens (tertiary/aromatic N) is 3. The van der Waals surface area contributed by atoms with E-state index in [-0.39, 0.29) is 16.9 Å². The van der Waals surface area contributed by atoms with E-state index in [2.05, 4.69) is 9.82 Å². The number of hydrogen-bond acceptors (Lipinski definition) is 5. The summed E-state index contributed by atoms with van der Waals surface area (Å²) >= 11 is 0. The third-order valence-corrected chi connectivity index (χ3v) is 6.82. The van der Waals surface area contributed by atoms with Gasteiger partial charge in [0, 0.05) is 19.3 Å². The van der Waals surface area contributed by atoms with Crippen LogP contribution in [0.25, 0.3) is 0 Å². The molecule has 2 N–H and O–H groups in total. The van der Waals surface area contributed by atoms with Gasteiger partial charge >= 0.3 is 5.97 Å². The molecule has 4 atom stereocenters. The van der Waals surface area contributed by atoms with Crippen LogP contribution >= 0.6 is 0 Å². The van der Waals surface area contributed by atoms with E-state index in [1.807, 2.05) is 0 Å². The van der Waals surface area contributed by atoms with Gasteiger partial charge in [0.1, 0.15) is 10.9 Å². The summed E-state index contributed by atoms with van der Waals surface area (Å²) in [4.78, 5) is 26.0. The first kappa shape index (κ1) is 18.8. The number of carboxylic acids is 1. The first-order chi connectivity index (χ1) is 12.2. The van der Waals surface area contributed by atoms with Gasteiger partial charge < -0.3 is 10.0 Å². The van der Waals surface area contributed by atoms with Crippen molar-refractivity contribution < 1.29 is 23.1 Å². The van der Waals surface area contributed by atoms with E-state index >= 15 is 0 Å². The summed E-state index contributed by atoms with van der Waals surface area (Å²) < 4.78 is 28.6. The number of carbonyl (C=O) groups excluding carboxylic acids is 1. The molecule has 0 bridgehead atoms. The van der Waals surface area contributed by atoms with Crippen molar-refractivity contribution in [1.82, 2.24) is 19.4 Å². The normalized spacial score (nSPS) is 27.2. The molecular formula is C16H24N4O5S. The topological polar surface area (TPSA) is 122 Å². The van der Waals surface area contributed by atoms with Crippen LogP contribution in [0.1, 0.15) is 39.0 Å². The summed E-state index contributed by atoms with van der Waals surface area (Å²) in [5, 5.41) is 13.4. The average Bonchev–Trinajstić information content (AvgIpc) is 3.17. The third kappa shape index (κ3) is 3.48. The molecule has 1 aromatic heterocycles. The van der Waals surface area contributed by atoms with Crippen LogP contribution < -0.4 is 4.72 Å². The maximum atomic E-state index is 12.9. The lowest BCUT2D eigenvalue weighted by Gasteiger charge is -2.34. The molecule has 2 fully saturated rings. The Morgan fingerprint density at radius 1 is 1.35 bits per heavy atom. The predicted octanol–water partition coefficient (Wildman–Crippen LogP) is 0.331. The highest BCUT2D eigenvalue weighted by atomic mass is 32.2. The molecule has 1 aliphatic heterocycles. The number of nitrogens with one attached hydrogen (secondary N) is 1. The molecule has 1 saturated carbocycles. The second-order valence-corrected chi connectivity index (χ2v) is 8.85. The van der Waals surface area contributed by atoms with Crippen LogP contribution in [0.4, 0.5) is 0 Å². The van der Waals surface area contributed by atoms with E-state index < -0.39 is 34.0 Å². The van der Waals surface area contributed by atoms with Crippen LogP contribution in [0.5, 0.6) is 0 Å². The molecule has 4 unspecified atom stereocenters. The zero-order chi connectivity index (χ0) is 19.1. The lowest BCUT2D eigenvalue weighted by atomic mass is 9.84. The molecule has 1 aromatic rings. The van der Waals surface area contributed by atoms with Gasteiger partial charge in [0.15, 0.2) is 0 Å². The minimum atomic E-state index is -3.91. The molecule has 1 saturated heterocycles. The number of aliphatic carboxylic acids is 1. The van der Waals surface area contributed by atoms with Crippen molar-refractivity contribution in [3.63, 3.8) is 0 Å². The highest BCUT2D eigenvalue weighted by molar-refractivity contribution is 7.89. The van der Waals surface area contributed by atoms with E-state index in [4.69, 9.17) is 0 Å². The summed E-state index contributed by atoms with van der Waals surface area (Å²) in [6.45, 7) is 1.45. The van der Waals surface area contributed by atoms with Gasteiger partial charge in [-0.05, 0) is 32.1 Å². The lowest BCUT2D eigenvalue weighted by molar-refractivity contribution is -0.150. The molecule has 0 radical (unpaired) electrons. The van der Waals surface area contributed by atoms with Gasteiger partial charge in [-0.15, -0.1) is 0 Å². The molecule has 9 nitrogen and oxygen atoms in total. The van der Waals surface area contributed by atoms with Crippen molar-refractivity contribution in [3.05, 3.63) is 12.4 Å². The van der Waals surface area contributed by atoms with Crippen molar-refractivity contribution in [2.45, 2.75) is 62.0 Å². The fourth-order valence-corrected chi connectivity index (χ4v) is 5.29. The number of aryl methyl sites for hydroxylation is 1. The maximum Gasteiger partial charge on any atom is 0.326 e. The third-order valence-electron chi connectivity index (χ3n) is 5.32. The Morgan fingerprint density at radius 3 is 2.65 bits per heavy atom. The van der Waals surface area contributed by atoms with Crippen molar-refractivity contribution >= 4 is 21.9 Å². The van der Waals surface area contributed by atoms with Gasteiger partial charge in [-0.2, -0.15) is 9.82 Å². The summed E-state index contributed by atoms with van der Waals surface area (Å²) in [6, 6.07) is -2.06. The molecule has 3 rings (SSSR count). The number of rotatable bonds is 5. The summed E-state index contributed by atoms with van der Waals surface area (Å²) in [7, 11) is -2.31. The quantitative estimate of drug-likeness (QED) is 0.755. The summed E-state index contributed by atoms with van der Waals surface area (Å²) in [5.74, 6) is -1.34. The number of fused-ring (bicyclic) bond motifs is 1. The first-order valence-corrected chi connectivity index (χ1v) is 10.2. The fraction of sp³-hybridized carbons (Fsp3) is 0.688. The second kappa shape index (κ2) is 6.99. The molecule has 10 heteroatoms. The Hall–Kier alpha value is -1.94. The SMILES string of the molecule is CC(NS(=O)(=O)c1cnn(C)c1)C(=O)N1C(C(=O)O)CC2CCCCC21. The number of hydrogen-bond donors (Lipinski definition) is 2. The van der Waals surface area contributed by atoms with Gasteiger partial charge in [-0.3, -0.25) is 9.48 Å². The van der Waals surface area contributed by atoms with Crippen LogP contribution in [0, 0.1) is 5.92 Å². The Labute approximate surface area is 152 Å². The van der Waals surface area contributed by atoms with Crippen LogP contribution in [0.3, 0.4) is 0 Å². The molecule has 1 aliphatic carbocycles. The smallest absolute Gasteiger partial charge is 0.326 e. The van der Waals surface area contributed by atoms with Crippen molar-refractivity contribution in [3.8, 4) is 0 Å². The van der Waals surface area contributed by atoms with Gasteiger partial charge in [0.05, 0.1) is 12.2 Å². The molecule has 0 aromatic carbocycles. The molecule has 2 heterocycles. The van der Waals surface area contributed by atoms with Crippen LogP contribution in [0.2, 0.25) is 0 Å². The largest absolute Gasteiger partial charge is 0.480 e. The number of carboxylic acid groups (broad SMARTS) is 1. The van der Waals surface area contributed by atoms with Crippen LogP contribution in [-0.4, -0.2) is 58.2 Å². The number of likely N-dealkylation sites (tertiary alicyclic amines) is 1. The van der Waals surface area contributed by atoms with Gasteiger partial charge in [-0.25, -0.2) is 13.2 Å². The molecular weight excluding hydrogens is 360 g/mol. The Bertz CT molecular complexity index is 805. The summed E-state index contributed by atoms with van der Waals surface area (Å²) in [5.41, 5.74) is 0. The second-order valence-electron chi connectivity index (χ2n) is 7.14. The minimum Gasteiger partial charge on any atom is -0.480 e. The van der Waals surface area contributed by atoms with Gasteiger partial charge in [0.2, 0.25) is 15.9 Å². The standard InChI is InChI=1S/C16H24N4O5S/c1-10(18-26(24,25)12-8-17-19(2)9-12)15(21)20-13-6-4-3-5-11(13)7-14(20)16(22)23/h8-11,13-14,18H,3-7H2,1-2H3,(H,22,23). The average molecular weight is 384 g/mol. The van der Waals surface area contributed by atoms with E-state index in [1.54, 1.807) is 7.05 Å². The Morgan fingerprint density at radius 2 is 2.04 bits per heavy atom.